The zero-order chi connectivity index (χ0) is 13.8. The highest BCUT2D eigenvalue weighted by Gasteiger charge is 2.22. The Morgan fingerprint density at radius 3 is 3.00 bits per heavy atom. The molecule has 0 aliphatic heterocycles. The molecule has 1 aromatic heterocycles. The van der Waals surface area contributed by atoms with Crippen molar-refractivity contribution < 1.29 is 19.1 Å². The number of carbonyl (C=O) groups is 1. The Balaban J connectivity index is 1.68. The van der Waals surface area contributed by atoms with Crippen LogP contribution >= 0.6 is 15.9 Å². The van der Waals surface area contributed by atoms with E-state index in [-0.39, 0.29) is 24.8 Å². The molecule has 2 N–H and O–H groups in total. The number of carbonyl (C=O) groups excluding carboxylic acids is 1. The Labute approximate surface area is 120 Å². The van der Waals surface area contributed by atoms with E-state index in [9.17, 15) is 9.90 Å². The molecule has 1 fully saturated rings. The highest BCUT2D eigenvalue weighted by atomic mass is 79.9. The minimum Gasteiger partial charge on any atom is -0.444 e. The highest BCUT2D eigenvalue weighted by Crippen LogP contribution is 2.28. The molecule has 0 radical (unpaired) electrons. The van der Waals surface area contributed by atoms with E-state index in [1.54, 1.807) is 13.0 Å². The van der Waals surface area contributed by atoms with E-state index in [2.05, 4.69) is 21.2 Å². The summed E-state index contributed by atoms with van der Waals surface area (Å²) >= 11 is 3.17. The monoisotopic (exact) mass is 331 g/mol. The first kappa shape index (κ1) is 14.6. The van der Waals surface area contributed by atoms with Crippen molar-refractivity contribution in [1.82, 2.24) is 5.32 Å². The van der Waals surface area contributed by atoms with Crippen LogP contribution in [0.4, 0.5) is 0 Å². The van der Waals surface area contributed by atoms with Crippen LogP contribution in [0.2, 0.25) is 0 Å². The van der Waals surface area contributed by atoms with Gasteiger partial charge in [0.15, 0.2) is 10.4 Å². The van der Waals surface area contributed by atoms with Crippen molar-refractivity contribution in [3.8, 4) is 0 Å². The molecule has 2 rings (SSSR count). The lowest BCUT2D eigenvalue weighted by Crippen LogP contribution is -2.34. The summed E-state index contributed by atoms with van der Waals surface area (Å²) in [6, 6.07) is 1.73. The first-order valence-corrected chi connectivity index (χ1v) is 7.15. The van der Waals surface area contributed by atoms with Crippen molar-refractivity contribution in [1.29, 1.82) is 0 Å². The molecule has 0 saturated heterocycles. The predicted octanol–water partition coefficient (Wildman–Crippen LogP) is 1.87. The van der Waals surface area contributed by atoms with Gasteiger partial charge in [0.05, 0.1) is 12.7 Å². The van der Waals surface area contributed by atoms with Crippen molar-refractivity contribution in [2.45, 2.75) is 25.9 Å². The molecule has 19 heavy (non-hydrogen) atoms. The Morgan fingerprint density at radius 2 is 2.42 bits per heavy atom. The molecule has 1 aliphatic rings. The van der Waals surface area contributed by atoms with Gasteiger partial charge >= 0.3 is 0 Å². The van der Waals surface area contributed by atoms with Crippen molar-refractivity contribution in [2.24, 2.45) is 5.92 Å². The van der Waals surface area contributed by atoms with Crippen LogP contribution in [0.5, 0.6) is 0 Å². The van der Waals surface area contributed by atoms with Crippen LogP contribution in [0.1, 0.15) is 29.0 Å². The van der Waals surface area contributed by atoms with Crippen molar-refractivity contribution >= 4 is 21.8 Å². The summed E-state index contributed by atoms with van der Waals surface area (Å²) in [5, 5.41) is 12.3. The zero-order valence-corrected chi connectivity index (χ0v) is 12.4. The molecule has 1 heterocycles. The molecular weight excluding hydrogens is 314 g/mol. The molecule has 6 heteroatoms. The molecule has 0 spiro atoms. The molecule has 1 atom stereocenters. The molecule has 1 saturated carbocycles. The Morgan fingerprint density at radius 1 is 1.68 bits per heavy atom. The third-order valence-electron chi connectivity index (χ3n) is 2.95. The lowest BCUT2D eigenvalue weighted by atomic mass is 10.2. The lowest BCUT2D eigenvalue weighted by molar-refractivity contribution is 0.0318. The van der Waals surface area contributed by atoms with Crippen molar-refractivity contribution in [3.63, 3.8) is 0 Å². The van der Waals surface area contributed by atoms with Crippen LogP contribution in [0.25, 0.3) is 0 Å². The summed E-state index contributed by atoms with van der Waals surface area (Å²) in [6.45, 7) is 2.90. The number of aryl methyl sites for hydroxylation is 1. The quantitative estimate of drug-likeness (QED) is 0.800. The van der Waals surface area contributed by atoms with Crippen LogP contribution in [0, 0.1) is 12.8 Å². The molecule has 5 nitrogen and oxygen atoms in total. The van der Waals surface area contributed by atoms with Gasteiger partial charge in [-0.2, -0.15) is 0 Å². The van der Waals surface area contributed by atoms with Gasteiger partial charge in [-0.15, -0.1) is 0 Å². The minimum absolute atomic E-state index is 0.154. The Bertz CT molecular complexity index is 442. The topological polar surface area (TPSA) is 71.7 Å². The number of nitrogens with one attached hydrogen (secondary N) is 1. The second-order valence-corrected chi connectivity index (χ2v) is 5.69. The maximum Gasteiger partial charge on any atom is 0.287 e. The van der Waals surface area contributed by atoms with Gasteiger partial charge in [-0.25, -0.2) is 0 Å². The van der Waals surface area contributed by atoms with E-state index >= 15 is 0 Å². The summed E-state index contributed by atoms with van der Waals surface area (Å²) in [4.78, 5) is 11.8. The standard InChI is InChI=1S/C13H18BrNO4/c1-8-4-11(14)19-12(8)13(17)15-5-10(16)7-18-6-9-2-3-9/h4,9-10,16H,2-3,5-7H2,1H3,(H,15,17). The zero-order valence-electron chi connectivity index (χ0n) is 10.8. The van der Waals surface area contributed by atoms with Crippen molar-refractivity contribution in [2.75, 3.05) is 19.8 Å². The third kappa shape index (κ3) is 4.63. The number of halogens is 1. The van der Waals surface area contributed by atoms with Crippen LogP contribution in [0.3, 0.4) is 0 Å². The molecule has 106 valence electrons. The van der Waals surface area contributed by atoms with Crippen LogP contribution in [0.15, 0.2) is 15.2 Å². The molecule has 1 unspecified atom stereocenters. The number of amides is 1. The molecule has 1 amide bonds. The first-order chi connectivity index (χ1) is 9.06. The lowest BCUT2D eigenvalue weighted by Gasteiger charge is -2.11. The van der Waals surface area contributed by atoms with E-state index in [4.69, 9.17) is 9.15 Å². The number of aliphatic hydroxyl groups excluding tert-OH is 1. The van der Waals surface area contributed by atoms with E-state index < -0.39 is 6.10 Å². The van der Waals surface area contributed by atoms with E-state index in [1.807, 2.05) is 0 Å². The molecule has 0 aromatic carbocycles. The summed E-state index contributed by atoms with van der Waals surface area (Å²) < 4.78 is 11.1. The second-order valence-electron chi connectivity index (χ2n) is 4.91. The predicted molar refractivity (Wildman–Crippen MR) is 73.0 cm³/mol. The highest BCUT2D eigenvalue weighted by molar-refractivity contribution is 9.10. The van der Waals surface area contributed by atoms with Gasteiger partial charge in [0.2, 0.25) is 0 Å². The summed E-state index contributed by atoms with van der Waals surface area (Å²) in [6.07, 6.45) is 1.75. The second kappa shape index (κ2) is 6.54. The van der Waals surface area contributed by atoms with E-state index in [1.165, 1.54) is 12.8 Å². The van der Waals surface area contributed by atoms with E-state index in [0.29, 0.717) is 17.2 Å². The van der Waals surface area contributed by atoms with Gasteiger partial charge in [-0.3, -0.25) is 4.79 Å². The number of aliphatic hydroxyl groups is 1. The van der Waals surface area contributed by atoms with Crippen molar-refractivity contribution in [3.05, 3.63) is 22.1 Å². The van der Waals surface area contributed by atoms with Gasteiger partial charge in [0, 0.05) is 18.7 Å². The number of ether oxygens (including phenoxy) is 1. The van der Waals surface area contributed by atoms with Gasteiger partial charge in [-0.05, 0) is 47.7 Å². The first-order valence-electron chi connectivity index (χ1n) is 6.36. The van der Waals surface area contributed by atoms with Gasteiger partial charge in [0.1, 0.15) is 0 Å². The maximum absolute atomic E-state index is 11.8. The Hall–Kier alpha value is -0.850. The number of hydrogen-bond acceptors (Lipinski definition) is 4. The largest absolute Gasteiger partial charge is 0.444 e. The average molecular weight is 332 g/mol. The van der Waals surface area contributed by atoms with Gasteiger partial charge < -0.3 is 19.6 Å². The molecule has 1 aliphatic carbocycles. The molecular formula is C13H18BrNO4. The van der Waals surface area contributed by atoms with Gasteiger partial charge in [-0.1, -0.05) is 0 Å². The number of furan rings is 1. The Kier molecular flexibility index (Phi) is 5.01. The summed E-state index contributed by atoms with van der Waals surface area (Å²) in [5.41, 5.74) is 0.754. The fourth-order valence-electron chi connectivity index (χ4n) is 1.67. The average Bonchev–Trinajstić information content (AvgIpc) is 3.11. The smallest absolute Gasteiger partial charge is 0.287 e. The molecule has 0 bridgehead atoms. The normalized spacial score (nSPS) is 16.4. The number of hydrogen-bond donors (Lipinski definition) is 2. The fourth-order valence-corrected chi connectivity index (χ4v) is 2.18. The summed E-state index contributed by atoms with van der Waals surface area (Å²) in [7, 11) is 0. The number of rotatable bonds is 7. The SMILES string of the molecule is Cc1cc(Br)oc1C(=O)NCC(O)COCC1CC1. The minimum atomic E-state index is -0.693. The maximum atomic E-state index is 11.8. The van der Waals surface area contributed by atoms with E-state index in [0.717, 1.165) is 5.56 Å². The fraction of sp³-hybridized carbons (Fsp3) is 0.615. The summed E-state index contributed by atoms with van der Waals surface area (Å²) in [5.74, 6) is 0.604. The van der Waals surface area contributed by atoms with Gasteiger partial charge in [0.25, 0.3) is 5.91 Å². The van der Waals surface area contributed by atoms with Crippen LogP contribution in [-0.4, -0.2) is 36.9 Å². The third-order valence-corrected chi connectivity index (χ3v) is 3.34. The molecule has 1 aromatic rings. The van der Waals surface area contributed by atoms with Crippen LogP contribution < -0.4 is 5.32 Å². The van der Waals surface area contributed by atoms with Crippen LogP contribution in [-0.2, 0) is 4.74 Å².